The zero-order valence-electron chi connectivity index (χ0n) is 63.2. The van der Waals surface area contributed by atoms with Gasteiger partial charge < -0.3 is 89.9 Å². The fourth-order valence-electron chi connectivity index (χ4n) is 12.2. The predicted molar refractivity (Wildman–Crippen MR) is 415 cm³/mol. The topological polar surface area (TPSA) is 307 Å². The van der Waals surface area contributed by atoms with Crippen LogP contribution in [-0.2, 0) is 33.2 Å². The third-order valence-electron chi connectivity index (χ3n) is 18.5. The van der Waals surface area contributed by atoms with Gasteiger partial charge in [-0.15, -0.1) is 0 Å². The van der Waals surface area contributed by atoms with Gasteiger partial charge in [-0.1, -0.05) is 268 Å². The molecule has 3 heterocycles. The van der Waals surface area contributed by atoms with E-state index in [4.69, 9.17) is 28.4 Å². The first kappa shape index (κ1) is 93.6. The molecule has 0 aromatic heterocycles. The van der Waals surface area contributed by atoms with Gasteiger partial charge in [0.2, 0.25) is 5.91 Å². The van der Waals surface area contributed by atoms with E-state index >= 15 is 0 Å². The van der Waals surface area contributed by atoms with Crippen molar-refractivity contribution in [3.63, 3.8) is 0 Å². The molecule has 0 aromatic carbocycles. The Labute approximate surface area is 625 Å². The second-order valence-electron chi connectivity index (χ2n) is 27.4. The van der Waals surface area contributed by atoms with Crippen molar-refractivity contribution in [1.82, 2.24) is 5.32 Å². The minimum Gasteiger partial charge on any atom is -0.394 e. The highest BCUT2D eigenvalue weighted by atomic mass is 16.8. The molecule has 592 valence electrons. The van der Waals surface area contributed by atoms with Gasteiger partial charge in [0.05, 0.1) is 38.6 Å². The molecular weight excluding hydrogens is 1320 g/mol. The molecule has 0 saturated carbocycles. The number of carbonyl (C=O) groups is 1. The van der Waals surface area contributed by atoms with Crippen LogP contribution in [0.2, 0.25) is 0 Å². The lowest BCUT2D eigenvalue weighted by Crippen LogP contribution is -2.66. The highest BCUT2D eigenvalue weighted by molar-refractivity contribution is 5.76. The van der Waals surface area contributed by atoms with Crippen molar-refractivity contribution in [2.24, 2.45) is 0 Å². The Kier molecular flexibility index (Phi) is 57.0. The number of nitrogens with one attached hydrogen (secondary N) is 1. The molecule has 3 aliphatic heterocycles. The van der Waals surface area contributed by atoms with Crippen LogP contribution >= 0.6 is 0 Å². The van der Waals surface area contributed by atoms with Crippen LogP contribution in [0, 0.1) is 0 Å². The summed E-state index contributed by atoms with van der Waals surface area (Å²) in [5.74, 6) is -0.310. The minimum absolute atomic E-state index is 0.204. The molecule has 19 heteroatoms. The van der Waals surface area contributed by atoms with Crippen molar-refractivity contribution in [1.29, 1.82) is 0 Å². The number of allylic oxidation sites excluding steroid dienone is 25. The average molecular weight is 1460 g/mol. The summed E-state index contributed by atoms with van der Waals surface area (Å²) in [4.78, 5) is 13.5. The van der Waals surface area contributed by atoms with Gasteiger partial charge in [-0.25, -0.2) is 0 Å². The third kappa shape index (κ3) is 42.8. The molecular formula is C85H139NO18. The molecule has 0 bridgehead atoms. The number of rotatable bonds is 60. The van der Waals surface area contributed by atoms with Crippen molar-refractivity contribution < 1.29 is 89.4 Å². The standard InChI is InChI=1S/C85H139NO18/c1-3-5-7-9-11-13-15-17-19-21-23-25-27-28-29-30-31-32-33-34-35-36-37-38-39-40-41-43-45-47-49-51-53-55-57-59-61-63-73(91)86-68(69(90)62-60-58-56-54-52-50-48-46-44-42-26-24-22-20-18-16-14-12-10-8-6-4-2)67-99-83-79(97)76(94)81(71(65-88)101-83)104-85-80(98)77(95)82(72(66-89)102-85)103-84-78(96)75(93)74(92)70(64-87)100-84/h5,7,11,13,17,19,23,25,28-29,31-32,34-35,37-38,40-41,44-47,52,54,60,62,68-72,74-85,87-90,92-98H,3-4,6,8-10,12,14-16,18,20-22,24,26-27,30,33,36,39,42-43,48-51,53,55-59,61,63-67H2,1-2H3,(H,86,91)/b7-5-,13-11-,19-17-,25-23-,29-28-,32-31-,35-34-,38-37-,41-40-,46-44+,47-45-,54-52+,62-60+. The lowest BCUT2D eigenvalue weighted by Gasteiger charge is -2.48. The lowest BCUT2D eigenvalue weighted by atomic mass is 9.96. The zero-order chi connectivity index (χ0) is 75.3. The van der Waals surface area contributed by atoms with Crippen LogP contribution in [0.4, 0.5) is 0 Å². The molecule has 12 N–H and O–H groups in total. The van der Waals surface area contributed by atoms with Crippen LogP contribution in [0.3, 0.4) is 0 Å². The number of ether oxygens (including phenoxy) is 6. The van der Waals surface area contributed by atoms with Gasteiger partial charge in [-0.3, -0.25) is 4.79 Å². The smallest absolute Gasteiger partial charge is 0.220 e. The van der Waals surface area contributed by atoms with E-state index in [1.54, 1.807) is 6.08 Å². The molecule has 3 saturated heterocycles. The fourth-order valence-corrected chi connectivity index (χ4v) is 12.2. The zero-order valence-corrected chi connectivity index (χ0v) is 63.2. The summed E-state index contributed by atoms with van der Waals surface area (Å²) in [5.41, 5.74) is 0. The van der Waals surface area contributed by atoms with Gasteiger partial charge in [0.25, 0.3) is 0 Å². The maximum atomic E-state index is 13.5. The molecule has 17 atom stereocenters. The lowest BCUT2D eigenvalue weighted by molar-refractivity contribution is -0.379. The van der Waals surface area contributed by atoms with Gasteiger partial charge >= 0.3 is 0 Å². The molecule has 3 rings (SSSR count). The number of hydrogen-bond donors (Lipinski definition) is 12. The number of amides is 1. The third-order valence-corrected chi connectivity index (χ3v) is 18.5. The first-order valence-electron chi connectivity index (χ1n) is 39.7. The molecule has 3 fully saturated rings. The predicted octanol–water partition coefficient (Wildman–Crippen LogP) is 13.2. The maximum absolute atomic E-state index is 13.5. The van der Waals surface area contributed by atoms with Crippen LogP contribution in [0.15, 0.2) is 158 Å². The van der Waals surface area contributed by atoms with Gasteiger partial charge in [0.1, 0.15) is 73.2 Å². The number of aliphatic hydroxyl groups excluding tert-OH is 11. The van der Waals surface area contributed by atoms with E-state index in [0.29, 0.717) is 12.8 Å². The molecule has 19 nitrogen and oxygen atoms in total. The maximum Gasteiger partial charge on any atom is 0.220 e. The Hall–Kier alpha value is -4.59. The Morgan fingerprint density at radius 2 is 0.673 bits per heavy atom. The van der Waals surface area contributed by atoms with E-state index in [1.165, 1.54) is 77.0 Å². The van der Waals surface area contributed by atoms with Gasteiger partial charge in [0, 0.05) is 6.42 Å². The molecule has 1 amide bonds. The van der Waals surface area contributed by atoms with E-state index < -0.39 is 124 Å². The normalized spacial score (nSPS) is 26.8. The van der Waals surface area contributed by atoms with Gasteiger partial charge in [-0.2, -0.15) is 0 Å². The SMILES string of the molecule is CC/C=C\C/C=C\C/C=C\C/C=C\C/C=C\C/C=C\C/C=C\C/C=C\C/C=C\C/C=C\CCCCCCCCC(=O)NC(COC1OC(CO)C(OC2OC(CO)C(OC3OC(CO)C(O)C(O)C3O)C(O)C2O)C(O)C1O)C(O)/C=C/CC/C=C/CC/C=C/CCCCCCCCCCCCCC. The first-order chi connectivity index (χ1) is 50.8. The van der Waals surface area contributed by atoms with E-state index in [0.717, 1.165) is 128 Å². The number of carbonyl (C=O) groups excluding carboxylic acids is 1. The molecule has 104 heavy (non-hydrogen) atoms. The summed E-state index contributed by atoms with van der Waals surface area (Å²) in [5, 5.41) is 121. The molecule has 0 aliphatic carbocycles. The number of hydrogen-bond acceptors (Lipinski definition) is 18. The Balaban J connectivity index is 1.40. The monoisotopic (exact) mass is 1460 g/mol. The van der Waals surface area contributed by atoms with Gasteiger partial charge in [-0.05, 0) is 122 Å². The molecule has 17 unspecified atom stereocenters. The van der Waals surface area contributed by atoms with Crippen LogP contribution in [0.25, 0.3) is 0 Å². The van der Waals surface area contributed by atoms with Crippen LogP contribution in [-0.4, -0.2) is 193 Å². The van der Waals surface area contributed by atoms with Crippen molar-refractivity contribution in [3.05, 3.63) is 158 Å². The highest BCUT2D eigenvalue weighted by Gasteiger charge is 2.53. The fraction of sp³-hybridized carbons (Fsp3) is 0.682. The summed E-state index contributed by atoms with van der Waals surface area (Å²) in [6.07, 6.45) is 66.4. The highest BCUT2D eigenvalue weighted by Crippen LogP contribution is 2.33. The summed E-state index contributed by atoms with van der Waals surface area (Å²) in [6.45, 7) is 1.57. The Morgan fingerprint density at radius 1 is 0.356 bits per heavy atom. The minimum atomic E-state index is -1.99. The molecule has 3 aliphatic rings. The number of aliphatic hydroxyl groups is 11. The summed E-state index contributed by atoms with van der Waals surface area (Å²) >= 11 is 0. The van der Waals surface area contributed by atoms with E-state index in [9.17, 15) is 61.0 Å². The summed E-state index contributed by atoms with van der Waals surface area (Å²) < 4.78 is 34.4. The largest absolute Gasteiger partial charge is 0.394 e. The van der Waals surface area contributed by atoms with Gasteiger partial charge in [0.15, 0.2) is 18.9 Å². The molecule has 0 radical (unpaired) electrons. The van der Waals surface area contributed by atoms with E-state index in [-0.39, 0.29) is 18.9 Å². The number of unbranched alkanes of at least 4 members (excludes halogenated alkanes) is 20. The molecule has 0 spiro atoms. The van der Waals surface area contributed by atoms with Crippen LogP contribution in [0.5, 0.6) is 0 Å². The molecule has 0 aromatic rings. The summed E-state index contributed by atoms with van der Waals surface area (Å²) in [6, 6.07) is -1.02. The average Bonchev–Trinajstić information content (AvgIpc) is 0.783. The second kappa shape index (κ2) is 63.3. The second-order valence-corrected chi connectivity index (χ2v) is 27.4. The van der Waals surface area contributed by atoms with Crippen molar-refractivity contribution in [2.75, 3.05) is 26.4 Å². The van der Waals surface area contributed by atoms with Crippen LogP contribution < -0.4 is 5.32 Å². The Bertz CT molecular complexity index is 2500. The van der Waals surface area contributed by atoms with Crippen LogP contribution in [0.1, 0.15) is 239 Å². The van der Waals surface area contributed by atoms with E-state index in [1.807, 2.05) is 6.08 Å². The summed E-state index contributed by atoms with van der Waals surface area (Å²) in [7, 11) is 0. The quantitative estimate of drug-likeness (QED) is 0.0199. The van der Waals surface area contributed by atoms with Crippen molar-refractivity contribution in [2.45, 2.75) is 343 Å². The van der Waals surface area contributed by atoms with Crippen molar-refractivity contribution >= 4 is 5.91 Å². The first-order valence-corrected chi connectivity index (χ1v) is 39.7. The Morgan fingerprint density at radius 3 is 1.08 bits per heavy atom. The van der Waals surface area contributed by atoms with Crippen molar-refractivity contribution in [3.8, 4) is 0 Å². The van der Waals surface area contributed by atoms with E-state index in [2.05, 4.69) is 165 Å².